The van der Waals surface area contributed by atoms with Gasteiger partial charge in [-0.25, -0.2) is 0 Å². The molecule has 0 radical (unpaired) electrons. The van der Waals surface area contributed by atoms with Crippen molar-refractivity contribution in [3.05, 3.63) is 60.7 Å². The summed E-state index contributed by atoms with van der Waals surface area (Å²) in [4.78, 5) is 0. The van der Waals surface area contributed by atoms with Gasteiger partial charge in [-0.15, -0.1) is 0 Å². The fourth-order valence-corrected chi connectivity index (χ4v) is 6.01. The van der Waals surface area contributed by atoms with Crippen molar-refractivity contribution < 1.29 is 9.30 Å². The zero-order valence-electron chi connectivity index (χ0n) is 14.2. The van der Waals surface area contributed by atoms with Gasteiger partial charge in [0.25, 0.3) is 0 Å². The second kappa shape index (κ2) is 9.05. The van der Waals surface area contributed by atoms with Crippen LogP contribution in [-0.4, -0.2) is 13.0 Å². The molecule has 1 unspecified atom stereocenters. The quantitative estimate of drug-likeness (QED) is 0.481. The lowest BCUT2D eigenvalue weighted by Crippen LogP contribution is -2.27. The Morgan fingerprint density at radius 1 is 0.870 bits per heavy atom. The molecular weight excluding hydrogens is 303 g/mol. The number of methoxy groups -OCH3 is 1. The molecule has 2 rings (SSSR count). The highest BCUT2D eigenvalue weighted by Crippen LogP contribution is 2.50. The predicted molar refractivity (Wildman–Crippen MR) is 99.3 cm³/mol. The van der Waals surface area contributed by atoms with Gasteiger partial charge in [0.05, 0.1) is 0 Å². The summed E-state index contributed by atoms with van der Waals surface area (Å²) in [6.07, 6.45) is 5.47. The zero-order valence-corrected chi connectivity index (χ0v) is 15.0. The van der Waals surface area contributed by atoms with Gasteiger partial charge in [-0.3, -0.25) is 0 Å². The molecule has 0 aliphatic carbocycles. The van der Waals surface area contributed by atoms with Gasteiger partial charge in [-0.05, 0) is 6.42 Å². The third-order valence-electron chi connectivity index (χ3n) is 4.26. The lowest BCUT2D eigenvalue weighted by molar-refractivity contribution is 0.154. The summed E-state index contributed by atoms with van der Waals surface area (Å²) >= 11 is 0. The first-order valence-corrected chi connectivity index (χ1v) is 10.2. The molecule has 2 aromatic carbocycles. The van der Waals surface area contributed by atoms with Crippen LogP contribution < -0.4 is 10.6 Å². The number of ether oxygens (including phenoxy) is 1. The maximum Gasteiger partial charge on any atom is 0.170 e. The average molecular weight is 330 g/mol. The number of hydrogen-bond acceptors (Lipinski definition) is 2. The monoisotopic (exact) mass is 330 g/mol. The largest absolute Gasteiger partial charge is 0.373 e. The molecule has 124 valence electrons. The topological polar surface area (TPSA) is 26.3 Å². The molecule has 0 saturated carbocycles. The summed E-state index contributed by atoms with van der Waals surface area (Å²) in [5, 5.41) is 1.77. The van der Waals surface area contributed by atoms with Gasteiger partial charge in [-0.1, -0.05) is 93.3 Å². The first kappa shape index (κ1) is 18.0. The lowest BCUT2D eigenvalue weighted by atomic mass is 10.2. The average Bonchev–Trinajstić information content (AvgIpc) is 2.63. The van der Waals surface area contributed by atoms with Crippen LogP contribution in [0.2, 0.25) is 0 Å². The van der Waals surface area contributed by atoms with Crippen molar-refractivity contribution in [2.45, 2.75) is 44.9 Å². The lowest BCUT2D eigenvalue weighted by Gasteiger charge is -2.27. The van der Waals surface area contributed by atoms with Gasteiger partial charge in [0.1, 0.15) is 5.85 Å². The minimum atomic E-state index is -2.81. The Balaban J connectivity index is 2.35. The fourth-order valence-electron chi connectivity index (χ4n) is 2.97. The number of hydrogen-bond donors (Lipinski definition) is 0. The molecule has 0 aliphatic heterocycles. The molecule has 2 nitrogen and oxygen atoms in total. The standard InChI is InChI=1S/C20H27O2P/c1-3-4-5-12-17-20(22-2)23(21,18-13-8-6-9-14-18)19-15-10-7-11-16-19/h6-11,13-16,20H,3-5,12,17H2,1-2H3. The van der Waals surface area contributed by atoms with Crippen molar-refractivity contribution in [3.8, 4) is 0 Å². The minimum Gasteiger partial charge on any atom is -0.373 e. The molecule has 0 aliphatic rings. The molecule has 0 amide bonds. The van der Waals surface area contributed by atoms with Crippen LogP contribution in [0.1, 0.15) is 39.0 Å². The van der Waals surface area contributed by atoms with Gasteiger partial charge in [0.2, 0.25) is 0 Å². The third-order valence-corrected chi connectivity index (χ3v) is 7.67. The summed E-state index contributed by atoms with van der Waals surface area (Å²) < 4.78 is 19.8. The maximum absolute atomic E-state index is 14.1. The summed E-state index contributed by atoms with van der Waals surface area (Å²) in [5.74, 6) is -0.260. The van der Waals surface area contributed by atoms with E-state index in [0.717, 1.165) is 23.5 Å². The van der Waals surface area contributed by atoms with Crippen LogP contribution in [0.4, 0.5) is 0 Å². The normalized spacial score (nSPS) is 13.0. The van der Waals surface area contributed by atoms with Crippen molar-refractivity contribution in [2.24, 2.45) is 0 Å². The van der Waals surface area contributed by atoms with Crippen LogP contribution >= 0.6 is 7.14 Å². The van der Waals surface area contributed by atoms with E-state index in [2.05, 4.69) is 6.92 Å². The molecule has 3 heteroatoms. The van der Waals surface area contributed by atoms with Crippen LogP contribution in [0.5, 0.6) is 0 Å². The Morgan fingerprint density at radius 2 is 1.39 bits per heavy atom. The van der Waals surface area contributed by atoms with E-state index in [1.165, 1.54) is 19.3 Å². The van der Waals surface area contributed by atoms with Gasteiger partial charge in [0, 0.05) is 17.7 Å². The maximum atomic E-state index is 14.1. The SMILES string of the molecule is CCCCCCC(OC)P(=O)(c1ccccc1)c1ccccc1. The highest BCUT2D eigenvalue weighted by molar-refractivity contribution is 7.79. The van der Waals surface area contributed by atoms with E-state index in [0.29, 0.717) is 0 Å². The second-order valence-corrected chi connectivity index (χ2v) is 8.79. The number of unbranched alkanes of at least 4 members (excludes halogenated alkanes) is 3. The molecule has 23 heavy (non-hydrogen) atoms. The first-order valence-electron chi connectivity index (χ1n) is 8.47. The number of benzene rings is 2. The smallest absolute Gasteiger partial charge is 0.170 e. The van der Waals surface area contributed by atoms with Crippen molar-refractivity contribution in [1.29, 1.82) is 0 Å². The highest BCUT2D eigenvalue weighted by Gasteiger charge is 2.36. The van der Waals surface area contributed by atoms with E-state index in [1.54, 1.807) is 7.11 Å². The van der Waals surface area contributed by atoms with Crippen LogP contribution in [0.25, 0.3) is 0 Å². The summed E-state index contributed by atoms with van der Waals surface area (Å²) in [7, 11) is -1.12. The molecule has 0 heterocycles. The molecule has 2 aromatic rings. The Labute approximate surface area is 140 Å². The van der Waals surface area contributed by atoms with Gasteiger partial charge >= 0.3 is 0 Å². The summed E-state index contributed by atoms with van der Waals surface area (Å²) in [5.41, 5.74) is 0. The van der Waals surface area contributed by atoms with E-state index >= 15 is 0 Å². The van der Waals surface area contributed by atoms with E-state index in [4.69, 9.17) is 4.74 Å². The zero-order chi connectivity index (χ0) is 16.5. The Morgan fingerprint density at radius 3 is 1.83 bits per heavy atom. The molecule has 0 bridgehead atoms. The van der Waals surface area contributed by atoms with Crippen LogP contribution in [0.15, 0.2) is 60.7 Å². The highest BCUT2D eigenvalue weighted by atomic mass is 31.2. The van der Waals surface area contributed by atoms with E-state index in [9.17, 15) is 4.57 Å². The van der Waals surface area contributed by atoms with E-state index < -0.39 is 7.14 Å². The summed E-state index contributed by atoms with van der Waals surface area (Å²) in [6.45, 7) is 2.20. The molecule has 0 aromatic heterocycles. The van der Waals surface area contributed by atoms with Crippen LogP contribution in [0.3, 0.4) is 0 Å². The molecule has 0 saturated heterocycles. The predicted octanol–water partition coefficient (Wildman–Crippen LogP) is 4.94. The Kier molecular flexibility index (Phi) is 7.08. The van der Waals surface area contributed by atoms with Crippen molar-refractivity contribution in [2.75, 3.05) is 7.11 Å². The number of rotatable bonds is 9. The molecule has 0 N–H and O–H groups in total. The van der Waals surface area contributed by atoms with Crippen LogP contribution in [-0.2, 0) is 9.30 Å². The Hall–Kier alpha value is -1.37. The van der Waals surface area contributed by atoms with Gasteiger partial charge < -0.3 is 9.30 Å². The molecule has 0 fully saturated rings. The van der Waals surface area contributed by atoms with Crippen molar-refractivity contribution >= 4 is 17.8 Å². The van der Waals surface area contributed by atoms with Gasteiger partial charge in [-0.2, -0.15) is 0 Å². The van der Waals surface area contributed by atoms with Crippen molar-refractivity contribution in [3.63, 3.8) is 0 Å². The summed E-state index contributed by atoms with van der Waals surface area (Å²) in [6, 6.07) is 19.6. The Bertz CT molecular complexity index is 567. The molecular formula is C20H27O2P. The second-order valence-electron chi connectivity index (χ2n) is 5.87. The van der Waals surface area contributed by atoms with E-state index in [1.807, 2.05) is 60.7 Å². The minimum absolute atomic E-state index is 0.260. The first-order chi connectivity index (χ1) is 11.2. The van der Waals surface area contributed by atoms with Gasteiger partial charge in [0.15, 0.2) is 7.14 Å². The molecule has 1 atom stereocenters. The fraction of sp³-hybridized carbons (Fsp3) is 0.400. The third kappa shape index (κ3) is 4.34. The van der Waals surface area contributed by atoms with Crippen molar-refractivity contribution in [1.82, 2.24) is 0 Å². The van der Waals surface area contributed by atoms with Crippen LogP contribution in [0, 0.1) is 0 Å². The molecule has 0 spiro atoms. The van der Waals surface area contributed by atoms with E-state index in [-0.39, 0.29) is 5.85 Å².